The zero-order chi connectivity index (χ0) is 13.5. The molecule has 0 spiro atoms. The van der Waals surface area contributed by atoms with Crippen LogP contribution in [0.3, 0.4) is 0 Å². The SMILES string of the molecule is Cc1ccccc1CO/N=[C]\c1cccc(C#N)c1. The van der Waals surface area contributed by atoms with Gasteiger partial charge in [0.2, 0.25) is 0 Å². The van der Waals surface area contributed by atoms with Crippen molar-refractivity contribution in [2.24, 2.45) is 5.16 Å². The van der Waals surface area contributed by atoms with Gasteiger partial charge in [0.25, 0.3) is 0 Å². The van der Waals surface area contributed by atoms with Gasteiger partial charge in [-0.1, -0.05) is 41.6 Å². The lowest BCUT2D eigenvalue weighted by molar-refractivity contribution is 0.131. The average molecular weight is 249 g/mol. The number of nitriles is 1. The molecule has 3 heteroatoms. The van der Waals surface area contributed by atoms with Gasteiger partial charge < -0.3 is 4.84 Å². The van der Waals surface area contributed by atoms with Gasteiger partial charge in [-0.2, -0.15) is 5.26 Å². The predicted molar refractivity (Wildman–Crippen MR) is 73.7 cm³/mol. The summed E-state index contributed by atoms with van der Waals surface area (Å²) < 4.78 is 0. The molecule has 0 atom stereocenters. The van der Waals surface area contributed by atoms with Crippen molar-refractivity contribution in [1.82, 2.24) is 0 Å². The summed E-state index contributed by atoms with van der Waals surface area (Å²) in [6.45, 7) is 2.44. The Morgan fingerprint density at radius 2 is 1.89 bits per heavy atom. The van der Waals surface area contributed by atoms with Crippen LogP contribution in [0.5, 0.6) is 0 Å². The van der Waals surface area contributed by atoms with Crippen LogP contribution in [0.25, 0.3) is 0 Å². The Labute approximate surface area is 112 Å². The molecular weight excluding hydrogens is 236 g/mol. The standard InChI is InChI=1S/C16H13N2O/c1-13-5-2-3-8-16(13)12-19-18-11-15-7-4-6-14(9-15)10-17/h2-9H,12H2,1H3. The number of benzene rings is 2. The van der Waals surface area contributed by atoms with E-state index in [0.29, 0.717) is 12.2 Å². The molecule has 0 saturated carbocycles. The lowest BCUT2D eigenvalue weighted by atomic mass is 10.1. The van der Waals surface area contributed by atoms with Crippen LogP contribution in [-0.4, -0.2) is 6.21 Å². The summed E-state index contributed by atoms with van der Waals surface area (Å²) in [6.07, 6.45) is 2.76. The lowest BCUT2D eigenvalue weighted by Crippen LogP contribution is -1.91. The Balaban J connectivity index is 1.94. The summed E-state index contributed by atoms with van der Waals surface area (Å²) >= 11 is 0. The van der Waals surface area contributed by atoms with Crippen LogP contribution >= 0.6 is 0 Å². The predicted octanol–water partition coefficient (Wildman–Crippen LogP) is 3.29. The van der Waals surface area contributed by atoms with E-state index in [1.807, 2.05) is 37.3 Å². The molecule has 0 aliphatic carbocycles. The molecule has 19 heavy (non-hydrogen) atoms. The molecule has 0 aliphatic rings. The molecule has 0 bridgehead atoms. The van der Waals surface area contributed by atoms with Gasteiger partial charge in [0.15, 0.2) is 0 Å². The quantitative estimate of drug-likeness (QED) is 0.616. The highest BCUT2D eigenvalue weighted by atomic mass is 16.6. The third-order valence-electron chi connectivity index (χ3n) is 2.71. The highest BCUT2D eigenvalue weighted by Gasteiger charge is 1.96. The molecule has 2 aromatic rings. The fraction of sp³-hybridized carbons (Fsp3) is 0.125. The Bertz CT molecular complexity index is 627. The van der Waals surface area contributed by atoms with Crippen molar-refractivity contribution in [2.45, 2.75) is 13.5 Å². The summed E-state index contributed by atoms with van der Waals surface area (Å²) in [6, 6.07) is 17.1. The van der Waals surface area contributed by atoms with Gasteiger partial charge >= 0.3 is 0 Å². The number of nitrogens with zero attached hydrogens (tertiary/aromatic N) is 2. The molecule has 0 aromatic heterocycles. The van der Waals surface area contributed by atoms with Crippen molar-refractivity contribution in [2.75, 3.05) is 0 Å². The molecule has 0 N–H and O–H groups in total. The molecule has 2 rings (SSSR count). The number of hydrogen-bond acceptors (Lipinski definition) is 3. The van der Waals surface area contributed by atoms with Crippen molar-refractivity contribution in [1.29, 1.82) is 5.26 Å². The first-order valence-corrected chi connectivity index (χ1v) is 5.92. The number of rotatable bonds is 4. The second-order valence-corrected chi connectivity index (χ2v) is 4.10. The van der Waals surface area contributed by atoms with E-state index in [4.69, 9.17) is 10.1 Å². The van der Waals surface area contributed by atoms with Crippen molar-refractivity contribution in [3.8, 4) is 6.07 Å². The Kier molecular flexibility index (Phi) is 4.30. The van der Waals surface area contributed by atoms with Crippen LogP contribution in [0.2, 0.25) is 0 Å². The summed E-state index contributed by atoms with van der Waals surface area (Å²) in [7, 11) is 0. The molecule has 0 unspecified atom stereocenters. The van der Waals surface area contributed by atoms with Gasteiger partial charge in [0.05, 0.1) is 11.6 Å². The van der Waals surface area contributed by atoms with Crippen LogP contribution in [0.1, 0.15) is 22.3 Å². The minimum atomic E-state index is 0.414. The maximum absolute atomic E-state index is 8.77. The van der Waals surface area contributed by atoms with Crippen molar-refractivity contribution in [3.05, 3.63) is 70.8 Å². The summed E-state index contributed by atoms with van der Waals surface area (Å²) in [5, 5.41) is 12.6. The van der Waals surface area contributed by atoms with Crippen LogP contribution < -0.4 is 0 Å². The van der Waals surface area contributed by atoms with Gasteiger partial charge in [-0.05, 0) is 30.2 Å². The molecule has 93 valence electrons. The second-order valence-electron chi connectivity index (χ2n) is 4.10. The van der Waals surface area contributed by atoms with Gasteiger partial charge in [-0.25, -0.2) is 0 Å². The van der Waals surface area contributed by atoms with E-state index >= 15 is 0 Å². The summed E-state index contributed by atoms with van der Waals surface area (Å²) in [4.78, 5) is 5.21. The second kappa shape index (κ2) is 6.36. The minimum absolute atomic E-state index is 0.414. The van der Waals surface area contributed by atoms with Crippen LogP contribution in [0.4, 0.5) is 0 Å². The van der Waals surface area contributed by atoms with Crippen molar-refractivity contribution < 1.29 is 4.84 Å². The third-order valence-corrected chi connectivity index (χ3v) is 2.71. The molecular formula is C16H13N2O. The summed E-state index contributed by atoms with van der Waals surface area (Å²) in [5.41, 5.74) is 3.57. The molecule has 0 aliphatic heterocycles. The molecule has 0 fully saturated rings. The van der Waals surface area contributed by atoms with E-state index < -0.39 is 0 Å². The van der Waals surface area contributed by atoms with E-state index in [-0.39, 0.29) is 0 Å². The average Bonchev–Trinajstić information content (AvgIpc) is 2.45. The summed E-state index contributed by atoms with van der Waals surface area (Å²) in [5.74, 6) is 0. The fourth-order valence-corrected chi connectivity index (χ4v) is 1.62. The first-order chi connectivity index (χ1) is 9.29. The number of hydrogen-bond donors (Lipinski definition) is 0. The van der Waals surface area contributed by atoms with E-state index in [2.05, 4.69) is 17.4 Å². The molecule has 3 nitrogen and oxygen atoms in total. The zero-order valence-electron chi connectivity index (χ0n) is 10.6. The highest BCUT2D eigenvalue weighted by Crippen LogP contribution is 2.08. The normalized spacial score (nSPS) is 10.3. The zero-order valence-corrected chi connectivity index (χ0v) is 10.6. The first kappa shape index (κ1) is 12.8. The molecule has 2 aromatic carbocycles. The fourth-order valence-electron chi connectivity index (χ4n) is 1.62. The highest BCUT2D eigenvalue weighted by molar-refractivity contribution is 5.79. The van der Waals surface area contributed by atoms with Gasteiger partial charge in [-0.15, -0.1) is 0 Å². The van der Waals surface area contributed by atoms with E-state index in [1.165, 1.54) is 5.56 Å². The third kappa shape index (κ3) is 3.68. The van der Waals surface area contributed by atoms with Gasteiger partial charge in [-0.3, -0.25) is 0 Å². The molecule has 0 saturated heterocycles. The lowest BCUT2D eigenvalue weighted by Gasteiger charge is -2.02. The van der Waals surface area contributed by atoms with Crippen LogP contribution in [0, 0.1) is 18.3 Å². The van der Waals surface area contributed by atoms with E-state index in [1.54, 1.807) is 18.2 Å². The first-order valence-electron chi connectivity index (χ1n) is 5.92. The maximum atomic E-state index is 8.77. The van der Waals surface area contributed by atoms with Crippen molar-refractivity contribution in [3.63, 3.8) is 0 Å². The Hall–Kier alpha value is -2.60. The molecule has 1 radical (unpaired) electrons. The minimum Gasteiger partial charge on any atom is -0.390 e. The van der Waals surface area contributed by atoms with Crippen LogP contribution in [0.15, 0.2) is 53.7 Å². The van der Waals surface area contributed by atoms with Crippen molar-refractivity contribution >= 4 is 6.21 Å². The Morgan fingerprint density at radius 1 is 1.11 bits per heavy atom. The molecule has 0 amide bonds. The molecule has 0 heterocycles. The topological polar surface area (TPSA) is 45.4 Å². The monoisotopic (exact) mass is 249 g/mol. The van der Waals surface area contributed by atoms with Crippen LogP contribution in [-0.2, 0) is 11.4 Å². The maximum Gasteiger partial charge on any atom is 0.142 e. The van der Waals surface area contributed by atoms with Gasteiger partial charge in [0.1, 0.15) is 12.8 Å². The van der Waals surface area contributed by atoms with Gasteiger partial charge in [0, 0.05) is 5.56 Å². The van der Waals surface area contributed by atoms with E-state index in [9.17, 15) is 0 Å². The largest absolute Gasteiger partial charge is 0.390 e. The Morgan fingerprint density at radius 3 is 2.68 bits per heavy atom. The van der Waals surface area contributed by atoms with E-state index in [0.717, 1.165) is 11.1 Å². The smallest absolute Gasteiger partial charge is 0.142 e. The number of aryl methyl sites for hydroxylation is 1.